The van der Waals surface area contributed by atoms with E-state index in [1.54, 1.807) is 36.2 Å². The summed E-state index contributed by atoms with van der Waals surface area (Å²) >= 11 is 0. The first-order valence-corrected chi connectivity index (χ1v) is 15.0. The predicted molar refractivity (Wildman–Crippen MR) is 166 cm³/mol. The smallest absolute Gasteiger partial charge is 0.411 e. The molecule has 9 nitrogen and oxygen atoms in total. The molecule has 0 radical (unpaired) electrons. The number of nitrogens with one attached hydrogen (secondary N) is 2. The van der Waals surface area contributed by atoms with Crippen LogP contribution >= 0.6 is 0 Å². The molecule has 1 aliphatic heterocycles. The summed E-state index contributed by atoms with van der Waals surface area (Å²) in [6.45, 7) is 2.79. The van der Waals surface area contributed by atoms with Crippen molar-refractivity contribution in [2.24, 2.45) is 11.8 Å². The maximum atomic E-state index is 12.8. The zero-order valence-corrected chi connectivity index (χ0v) is 24.6. The maximum absolute atomic E-state index is 12.8. The lowest BCUT2D eigenvalue weighted by molar-refractivity contribution is -0.130. The lowest BCUT2D eigenvalue weighted by atomic mass is 10.0. The highest BCUT2D eigenvalue weighted by atomic mass is 16.6. The van der Waals surface area contributed by atoms with Crippen molar-refractivity contribution in [2.75, 3.05) is 43.9 Å². The van der Waals surface area contributed by atoms with E-state index in [2.05, 4.69) is 15.5 Å². The highest BCUT2D eigenvalue weighted by Gasteiger charge is 2.42. The monoisotopic (exact) mass is 584 g/mol. The Labute approximate surface area is 252 Å². The summed E-state index contributed by atoms with van der Waals surface area (Å²) in [7, 11) is 1.73. The van der Waals surface area contributed by atoms with Crippen LogP contribution in [-0.4, -0.2) is 72.1 Å². The van der Waals surface area contributed by atoms with Gasteiger partial charge in [0.1, 0.15) is 6.10 Å². The van der Waals surface area contributed by atoms with Gasteiger partial charge in [-0.2, -0.15) is 0 Å². The number of carbonyl (C=O) groups is 3. The van der Waals surface area contributed by atoms with Gasteiger partial charge in [0, 0.05) is 57.3 Å². The third-order valence-electron chi connectivity index (χ3n) is 8.47. The Balaban J connectivity index is 0.995. The average molecular weight is 585 g/mol. The van der Waals surface area contributed by atoms with Crippen molar-refractivity contribution in [3.05, 3.63) is 84.4 Å². The van der Waals surface area contributed by atoms with Crippen LogP contribution in [-0.2, 0) is 20.9 Å². The highest BCUT2D eigenvalue weighted by molar-refractivity contribution is 5.92. The molecule has 0 aromatic heterocycles. The number of aliphatic hydroxyl groups is 1. The molecule has 2 aliphatic rings. The Morgan fingerprint density at radius 2 is 1.56 bits per heavy atom. The lowest BCUT2D eigenvalue weighted by Gasteiger charge is -2.21. The van der Waals surface area contributed by atoms with E-state index in [4.69, 9.17) is 9.84 Å². The zero-order chi connectivity index (χ0) is 30.2. The van der Waals surface area contributed by atoms with Gasteiger partial charge >= 0.3 is 6.09 Å². The van der Waals surface area contributed by atoms with E-state index in [1.165, 1.54) is 0 Å². The third-order valence-corrected chi connectivity index (χ3v) is 8.47. The van der Waals surface area contributed by atoms with Crippen LogP contribution in [0.3, 0.4) is 0 Å². The van der Waals surface area contributed by atoms with Gasteiger partial charge in [-0.05, 0) is 54.0 Å². The number of hydrogen-bond acceptors (Lipinski definition) is 6. The first kappa shape index (κ1) is 30.3. The molecule has 5 rings (SSSR count). The summed E-state index contributed by atoms with van der Waals surface area (Å²) in [5.41, 5.74) is 4.16. The fraction of sp³-hybridized carbons (Fsp3) is 0.382. The molecule has 0 bridgehead atoms. The number of ether oxygens (including phenoxy) is 1. The molecule has 3 N–H and O–H groups in total. The van der Waals surface area contributed by atoms with Crippen molar-refractivity contribution in [2.45, 2.75) is 38.4 Å². The van der Waals surface area contributed by atoms with E-state index in [-0.39, 0.29) is 30.9 Å². The molecule has 1 aliphatic carbocycles. The molecule has 0 spiro atoms. The normalized spacial score (nSPS) is 19.4. The Hall–Kier alpha value is -4.21. The number of nitrogens with zero attached hydrogens (tertiary/aromatic N) is 2. The number of anilines is 2. The topological polar surface area (TPSA) is 111 Å². The van der Waals surface area contributed by atoms with Gasteiger partial charge in [-0.15, -0.1) is 0 Å². The number of para-hydroxylation sites is 1. The van der Waals surface area contributed by atoms with Crippen molar-refractivity contribution < 1.29 is 24.2 Å². The van der Waals surface area contributed by atoms with Gasteiger partial charge in [0.25, 0.3) is 0 Å². The van der Waals surface area contributed by atoms with Crippen LogP contribution in [0.5, 0.6) is 0 Å². The van der Waals surface area contributed by atoms with Crippen molar-refractivity contribution in [1.82, 2.24) is 9.80 Å². The van der Waals surface area contributed by atoms with Crippen LogP contribution in [0, 0.1) is 11.8 Å². The molecule has 2 fully saturated rings. The average Bonchev–Trinajstić information content (AvgIpc) is 3.58. The summed E-state index contributed by atoms with van der Waals surface area (Å²) in [6, 6.07) is 24.7. The molecule has 3 amide bonds. The number of rotatable bonds is 11. The molecule has 9 heteroatoms. The molecule has 1 saturated heterocycles. The molecule has 2 atom stereocenters. The quantitative estimate of drug-likeness (QED) is 0.293. The van der Waals surface area contributed by atoms with E-state index >= 15 is 0 Å². The summed E-state index contributed by atoms with van der Waals surface area (Å²) in [5.74, 6) is 0.773. The fourth-order valence-electron chi connectivity index (χ4n) is 6.13. The zero-order valence-electron chi connectivity index (χ0n) is 24.6. The first-order chi connectivity index (χ1) is 20.9. The molecule has 1 saturated carbocycles. The van der Waals surface area contributed by atoms with E-state index in [9.17, 15) is 14.4 Å². The Kier molecular flexibility index (Phi) is 10.1. The van der Waals surface area contributed by atoms with Crippen molar-refractivity contribution in [3.63, 3.8) is 0 Å². The van der Waals surface area contributed by atoms with Crippen LogP contribution in [0.2, 0.25) is 0 Å². The maximum Gasteiger partial charge on any atom is 0.411 e. The minimum atomic E-state index is -0.424. The Morgan fingerprint density at radius 1 is 0.884 bits per heavy atom. The van der Waals surface area contributed by atoms with Gasteiger partial charge in [0.2, 0.25) is 11.8 Å². The standard InChI is InChI=1S/C34H40N4O5/c1-37(17-15-32(40)35-28-13-11-24(23-39)12-14-28)33(41)16-18-38-21-26-19-29(20-27(26)22-38)43-34(42)36-31-10-6-5-9-30(31)25-7-3-2-4-8-25/h2-14,26-27,29,39H,15-23H2,1H3,(H,35,40)(H,36,42). The number of aliphatic hydroxyl groups excluding tert-OH is 1. The highest BCUT2D eigenvalue weighted by Crippen LogP contribution is 2.39. The second kappa shape index (κ2) is 14.3. The molecular formula is C34H40N4O5. The van der Waals surface area contributed by atoms with Gasteiger partial charge in [-0.25, -0.2) is 4.79 Å². The molecule has 2 unspecified atom stereocenters. The van der Waals surface area contributed by atoms with Crippen LogP contribution < -0.4 is 10.6 Å². The minimum Gasteiger partial charge on any atom is -0.446 e. The minimum absolute atomic E-state index is 0.0193. The second-order valence-corrected chi connectivity index (χ2v) is 11.5. The molecule has 3 aromatic carbocycles. The van der Waals surface area contributed by atoms with Gasteiger partial charge in [0.15, 0.2) is 0 Å². The van der Waals surface area contributed by atoms with Gasteiger partial charge < -0.3 is 25.0 Å². The number of fused-ring (bicyclic) bond motifs is 1. The SMILES string of the molecule is CN(CCC(=O)Nc1ccc(CO)cc1)C(=O)CCN1CC2CC(OC(=O)Nc3ccccc3-c3ccccc3)CC2C1. The summed E-state index contributed by atoms with van der Waals surface area (Å²) in [6.07, 6.45) is 1.76. The number of likely N-dealkylation sites (tertiary alicyclic amines) is 1. The van der Waals surface area contributed by atoms with E-state index in [0.717, 1.165) is 48.3 Å². The molecule has 3 aromatic rings. The Morgan fingerprint density at radius 3 is 2.26 bits per heavy atom. The van der Waals surface area contributed by atoms with Crippen LogP contribution in [0.25, 0.3) is 11.1 Å². The molecule has 1 heterocycles. The van der Waals surface area contributed by atoms with E-state index < -0.39 is 6.09 Å². The molecule has 43 heavy (non-hydrogen) atoms. The predicted octanol–water partition coefficient (Wildman–Crippen LogP) is 4.98. The van der Waals surface area contributed by atoms with Crippen molar-refractivity contribution >= 4 is 29.3 Å². The van der Waals surface area contributed by atoms with Gasteiger partial charge in [0.05, 0.1) is 12.3 Å². The number of carbonyl (C=O) groups excluding carboxylic acids is 3. The first-order valence-electron chi connectivity index (χ1n) is 15.0. The third kappa shape index (κ3) is 8.21. The largest absolute Gasteiger partial charge is 0.446 e. The molecule has 226 valence electrons. The lowest BCUT2D eigenvalue weighted by Crippen LogP contribution is -2.34. The summed E-state index contributed by atoms with van der Waals surface area (Å²) in [5, 5.41) is 14.9. The van der Waals surface area contributed by atoms with Crippen LogP contribution in [0.15, 0.2) is 78.9 Å². The van der Waals surface area contributed by atoms with Crippen molar-refractivity contribution in [3.8, 4) is 11.1 Å². The van der Waals surface area contributed by atoms with Crippen LogP contribution in [0.4, 0.5) is 16.2 Å². The Bertz CT molecular complexity index is 1380. The molecular weight excluding hydrogens is 544 g/mol. The number of amides is 3. The number of benzene rings is 3. The summed E-state index contributed by atoms with van der Waals surface area (Å²) < 4.78 is 5.83. The van der Waals surface area contributed by atoms with Gasteiger partial charge in [-0.3, -0.25) is 14.9 Å². The fourth-order valence-corrected chi connectivity index (χ4v) is 6.13. The van der Waals surface area contributed by atoms with Crippen molar-refractivity contribution in [1.29, 1.82) is 0 Å². The van der Waals surface area contributed by atoms with Gasteiger partial charge in [-0.1, -0.05) is 60.7 Å². The second-order valence-electron chi connectivity index (χ2n) is 11.5. The summed E-state index contributed by atoms with van der Waals surface area (Å²) in [4.78, 5) is 41.7. The van der Waals surface area contributed by atoms with E-state index in [1.807, 2.05) is 54.6 Å². The number of hydrogen-bond donors (Lipinski definition) is 3. The van der Waals surface area contributed by atoms with E-state index in [0.29, 0.717) is 37.0 Å². The van der Waals surface area contributed by atoms with Crippen LogP contribution in [0.1, 0.15) is 31.2 Å².